The Hall–Kier alpha value is -1.06. The summed E-state index contributed by atoms with van der Waals surface area (Å²) < 4.78 is 0. The van der Waals surface area contributed by atoms with Gasteiger partial charge in [0.2, 0.25) is 0 Å². The summed E-state index contributed by atoms with van der Waals surface area (Å²) in [7, 11) is 0. The largest absolute Gasteiger partial charge is 0.507 e. The first-order valence-electron chi connectivity index (χ1n) is 7.91. The predicted octanol–water partition coefficient (Wildman–Crippen LogP) is 2.73. The molecule has 0 radical (unpaired) electrons. The van der Waals surface area contributed by atoms with E-state index in [1.54, 1.807) is 0 Å². The zero-order valence-electron chi connectivity index (χ0n) is 12.7. The summed E-state index contributed by atoms with van der Waals surface area (Å²) in [4.78, 5) is 2.66. The number of hydrogen-bond donors (Lipinski definition) is 2. The van der Waals surface area contributed by atoms with Crippen molar-refractivity contribution in [1.82, 2.24) is 10.2 Å². The molecule has 0 amide bonds. The van der Waals surface area contributed by atoms with Crippen LogP contribution in [0.4, 0.5) is 0 Å². The van der Waals surface area contributed by atoms with Gasteiger partial charge in [0.25, 0.3) is 0 Å². The quantitative estimate of drug-likeness (QED) is 0.889. The highest BCUT2D eigenvalue weighted by atomic mass is 16.3. The van der Waals surface area contributed by atoms with Crippen molar-refractivity contribution in [1.29, 1.82) is 0 Å². The van der Waals surface area contributed by atoms with E-state index in [1.165, 1.54) is 44.3 Å². The Labute approximate surface area is 122 Å². The molecule has 0 aromatic heterocycles. The summed E-state index contributed by atoms with van der Waals surface area (Å²) in [5.41, 5.74) is 3.24. The van der Waals surface area contributed by atoms with Gasteiger partial charge in [-0.25, -0.2) is 0 Å². The van der Waals surface area contributed by atoms with E-state index in [2.05, 4.69) is 22.3 Å². The molecular formula is C17H26N2O. The van der Waals surface area contributed by atoms with Crippen LogP contribution in [0.1, 0.15) is 42.4 Å². The van der Waals surface area contributed by atoms with Gasteiger partial charge in [0.05, 0.1) is 0 Å². The number of rotatable bonds is 3. The molecule has 3 heteroatoms. The van der Waals surface area contributed by atoms with E-state index in [0.717, 1.165) is 23.7 Å². The average Bonchev–Trinajstić information content (AvgIpc) is 2.85. The molecule has 2 N–H and O–H groups in total. The van der Waals surface area contributed by atoms with Crippen molar-refractivity contribution in [3.8, 4) is 5.75 Å². The summed E-state index contributed by atoms with van der Waals surface area (Å²) in [6.45, 7) is 7.42. The van der Waals surface area contributed by atoms with E-state index in [4.69, 9.17) is 0 Å². The van der Waals surface area contributed by atoms with Gasteiger partial charge >= 0.3 is 0 Å². The lowest BCUT2D eigenvalue weighted by atomic mass is 9.98. The molecule has 20 heavy (non-hydrogen) atoms. The normalized spacial score (nSPS) is 26.7. The fraction of sp³-hybridized carbons (Fsp3) is 0.647. The maximum Gasteiger partial charge on any atom is 0.121 e. The lowest BCUT2D eigenvalue weighted by Crippen LogP contribution is -2.44. The number of aryl methyl sites for hydroxylation is 2. The van der Waals surface area contributed by atoms with Crippen LogP contribution in [-0.4, -0.2) is 35.2 Å². The molecule has 0 saturated carbocycles. The first kappa shape index (κ1) is 13.9. The Bertz CT molecular complexity index is 463. The van der Waals surface area contributed by atoms with Crippen LogP contribution >= 0.6 is 0 Å². The Morgan fingerprint density at radius 3 is 2.65 bits per heavy atom. The Balaban J connectivity index is 1.62. The first-order valence-corrected chi connectivity index (χ1v) is 7.91. The molecule has 2 saturated heterocycles. The molecular weight excluding hydrogens is 248 g/mol. The molecule has 2 unspecified atom stereocenters. The number of nitrogens with one attached hydrogen (secondary N) is 1. The van der Waals surface area contributed by atoms with Crippen LogP contribution in [0.3, 0.4) is 0 Å². The van der Waals surface area contributed by atoms with Crippen molar-refractivity contribution in [2.45, 2.75) is 58.2 Å². The van der Waals surface area contributed by atoms with Crippen LogP contribution in [0, 0.1) is 13.8 Å². The van der Waals surface area contributed by atoms with Gasteiger partial charge in [0.1, 0.15) is 5.75 Å². The third-order valence-electron chi connectivity index (χ3n) is 4.98. The molecule has 1 aromatic rings. The highest BCUT2D eigenvalue weighted by Crippen LogP contribution is 2.28. The maximum absolute atomic E-state index is 9.84. The standard InChI is InChI=1S/C17H26N2O/c1-12-9-14(10-13(2)17(12)20)11-18-15-6-8-19-7-4-3-5-16(15)19/h9-10,15-16,18,20H,3-8,11H2,1-2H3. The number of phenols is 1. The van der Waals surface area contributed by atoms with Crippen LogP contribution in [0.15, 0.2) is 12.1 Å². The maximum atomic E-state index is 9.84. The average molecular weight is 274 g/mol. The summed E-state index contributed by atoms with van der Waals surface area (Å²) in [6, 6.07) is 5.60. The summed E-state index contributed by atoms with van der Waals surface area (Å²) >= 11 is 0. The number of hydrogen-bond acceptors (Lipinski definition) is 3. The molecule has 3 nitrogen and oxygen atoms in total. The van der Waals surface area contributed by atoms with E-state index in [9.17, 15) is 5.11 Å². The molecule has 2 atom stereocenters. The van der Waals surface area contributed by atoms with Crippen molar-refractivity contribution in [3.05, 3.63) is 28.8 Å². The minimum Gasteiger partial charge on any atom is -0.507 e. The Morgan fingerprint density at radius 2 is 1.90 bits per heavy atom. The molecule has 0 spiro atoms. The molecule has 2 heterocycles. The fourth-order valence-corrected chi connectivity index (χ4v) is 3.88. The Morgan fingerprint density at radius 1 is 1.15 bits per heavy atom. The molecule has 0 aliphatic carbocycles. The van der Waals surface area contributed by atoms with Gasteiger partial charge < -0.3 is 10.4 Å². The number of fused-ring (bicyclic) bond motifs is 1. The highest BCUT2D eigenvalue weighted by Gasteiger charge is 2.34. The zero-order chi connectivity index (χ0) is 14.1. The Kier molecular flexibility index (Phi) is 3.99. The van der Waals surface area contributed by atoms with Crippen molar-refractivity contribution < 1.29 is 5.11 Å². The van der Waals surface area contributed by atoms with Gasteiger partial charge in [-0.3, -0.25) is 4.90 Å². The monoisotopic (exact) mass is 274 g/mol. The number of nitrogens with zero attached hydrogens (tertiary/aromatic N) is 1. The molecule has 2 fully saturated rings. The number of aromatic hydroxyl groups is 1. The molecule has 0 bridgehead atoms. The van der Waals surface area contributed by atoms with E-state index in [1.807, 2.05) is 13.8 Å². The van der Waals surface area contributed by atoms with Crippen LogP contribution in [0.2, 0.25) is 0 Å². The van der Waals surface area contributed by atoms with Crippen LogP contribution in [0.25, 0.3) is 0 Å². The van der Waals surface area contributed by atoms with Gasteiger partial charge in [-0.1, -0.05) is 18.6 Å². The second-order valence-electron chi connectivity index (χ2n) is 6.45. The predicted molar refractivity (Wildman–Crippen MR) is 82.0 cm³/mol. The molecule has 3 rings (SSSR count). The minimum atomic E-state index is 0.438. The van der Waals surface area contributed by atoms with Crippen molar-refractivity contribution in [2.75, 3.05) is 13.1 Å². The summed E-state index contributed by atoms with van der Waals surface area (Å²) in [5.74, 6) is 0.438. The summed E-state index contributed by atoms with van der Waals surface area (Å²) in [5, 5.41) is 13.6. The van der Waals surface area contributed by atoms with Gasteiger partial charge in [0, 0.05) is 25.2 Å². The fourth-order valence-electron chi connectivity index (χ4n) is 3.88. The first-order chi connectivity index (χ1) is 9.65. The second-order valence-corrected chi connectivity index (χ2v) is 6.45. The number of phenolic OH excluding ortho intramolecular Hbond substituents is 1. The molecule has 110 valence electrons. The van der Waals surface area contributed by atoms with E-state index in [0.29, 0.717) is 11.8 Å². The zero-order valence-corrected chi connectivity index (χ0v) is 12.7. The molecule has 2 aliphatic heterocycles. The third-order valence-corrected chi connectivity index (χ3v) is 4.98. The third kappa shape index (κ3) is 2.70. The van der Waals surface area contributed by atoms with E-state index < -0.39 is 0 Å². The summed E-state index contributed by atoms with van der Waals surface area (Å²) in [6.07, 6.45) is 5.39. The second kappa shape index (κ2) is 5.74. The van der Waals surface area contributed by atoms with Crippen molar-refractivity contribution in [2.24, 2.45) is 0 Å². The highest BCUT2D eigenvalue weighted by molar-refractivity contribution is 5.42. The smallest absolute Gasteiger partial charge is 0.121 e. The van der Waals surface area contributed by atoms with Crippen molar-refractivity contribution >= 4 is 0 Å². The van der Waals surface area contributed by atoms with Gasteiger partial charge in [-0.2, -0.15) is 0 Å². The van der Waals surface area contributed by atoms with Crippen LogP contribution in [0.5, 0.6) is 5.75 Å². The van der Waals surface area contributed by atoms with E-state index >= 15 is 0 Å². The van der Waals surface area contributed by atoms with Crippen molar-refractivity contribution in [3.63, 3.8) is 0 Å². The lowest BCUT2D eigenvalue weighted by Gasteiger charge is -2.32. The number of piperidine rings is 1. The van der Waals surface area contributed by atoms with Crippen LogP contribution in [-0.2, 0) is 6.54 Å². The van der Waals surface area contributed by atoms with E-state index in [-0.39, 0.29) is 0 Å². The lowest BCUT2D eigenvalue weighted by molar-refractivity contribution is 0.180. The minimum absolute atomic E-state index is 0.438. The van der Waals surface area contributed by atoms with Gasteiger partial charge in [-0.05, 0) is 56.3 Å². The number of benzene rings is 1. The molecule has 1 aromatic carbocycles. The topological polar surface area (TPSA) is 35.5 Å². The SMILES string of the molecule is Cc1cc(CNC2CCN3CCCCC23)cc(C)c1O. The molecule has 2 aliphatic rings. The van der Waals surface area contributed by atoms with Crippen LogP contribution < -0.4 is 5.32 Å². The van der Waals surface area contributed by atoms with Gasteiger partial charge in [0.15, 0.2) is 0 Å². The van der Waals surface area contributed by atoms with Gasteiger partial charge in [-0.15, -0.1) is 0 Å².